The van der Waals surface area contributed by atoms with Crippen LogP contribution in [0.5, 0.6) is 5.75 Å². The normalized spacial score (nSPS) is 11.7. The Hall–Kier alpha value is -2.41. The number of hydrogen-bond donors (Lipinski definition) is 1. The fourth-order valence-corrected chi connectivity index (χ4v) is 2.33. The molecule has 0 bridgehead atoms. The first-order chi connectivity index (χ1) is 10.8. The van der Waals surface area contributed by atoms with Crippen molar-refractivity contribution in [2.45, 2.75) is 11.3 Å². The van der Waals surface area contributed by atoms with Crippen LogP contribution in [0.1, 0.15) is 0 Å². The van der Waals surface area contributed by atoms with Crippen LogP contribution >= 0.6 is 12.6 Å². The van der Waals surface area contributed by atoms with Crippen LogP contribution in [0.2, 0.25) is 0 Å². The summed E-state index contributed by atoms with van der Waals surface area (Å²) in [4.78, 5) is 12.7. The summed E-state index contributed by atoms with van der Waals surface area (Å²) in [5, 5.41) is 0.688. The van der Waals surface area contributed by atoms with Crippen molar-refractivity contribution < 1.29 is 22.3 Å². The Labute approximate surface area is 133 Å². The Morgan fingerprint density at radius 3 is 2.35 bits per heavy atom. The van der Waals surface area contributed by atoms with Gasteiger partial charge in [0.15, 0.2) is 0 Å². The fourth-order valence-electron chi connectivity index (χ4n) is 2.14. The predicted molar refractivity (Wildman–Crippen MR) is 81.9 cm³/mol. The predicted octanol–water partition coefficient (Wildman–Crippen LogP) is 4.65. The number of fused-ring (bicyclic) bond motifs is 1. The van der Waals surface area contributed by atoms with E-state index in [1.807, 2.05) is 0 Å². The van der Waals surface area contributed by atoms with Crippen LogP contribution in [-0.4, -0.2) is 6.36 Å². The third-order valence-corrected chi connectivity index (χ3v) is 3.40. The third-order valence-electron chi connectivity index (χ3n) is 3.12. The van der Waals surface area contributed by atoms with E-state index in [9.17, 15) is 18.0 Å². The van der Waals surface area contributed by atoms with E-state index in [4.69, 9.17) is 4.42 Å². The molecule has 0 fully saturated rings. The summed E-state index contributed by atoms with van der Waals surface area (Å²) in [6.07, 6.45) is -4.76. The van der Waals surface area contributed by atoms with Gasteiger partial charge in [0, 0.05) is 10.3 Å². The zero-order valence-electron chi connectivity index (χ0n) is 11.4. The summed E-state index contributed by atoms with van der Waals surface area (Å²) in [7, 11) is 0. The van der Waals surface area contributed by atoms with Gasteiger partial charge in [0.2, 0.25) is 0 Å². The number of rotatable bonds is 2. The maximum atomic E-state index is 12.1. The molecule has 0 aliphatic rings. The molecule has 7 heteroatoms. The average Bonchev–Trinajstić information content (AvgIpc) is 2.46. The van der Waals surface area contributed by atoms with Crippen molar-refractivity contribution >= 4 is 23.6 Å². The van der Waals surface area contributed by atoms with Crippen molar-refractivity contribution in [3.63, 3.8) is 0 Å². The summed E-state index contributed by atoms with van der Waals surface area (Å²) in [6, 6.07) is 11.7. The number of halogens is 3. The molecule has 2 aromatic carbocycles. The average molecular weight is 338 g/mol. The highest BCUT2D eigenvalue weighted by molar-refractivity contribution is 7.80. The molecule has 0 saturated heterocycles. The number of hydrogen-bond acceptors (Lipinski definition) is 4. The van der Waals surface area contributed by atoms with Gasteiger partial charge in [-0.3, -0.25) is 0 Å². The minimum absolute atomic E-state index is 0.253. The van der Waals surface area contributed by atoms with E-state index in [-0.39, 0.29) is 11.3 Å². The van der Waals surface area contributed by atoms with Crippen LogP contribution in [0.25, 0.3) is 22.1 Å². The molecule has 0 saturated carbocycles. The summed E-state index contributed by atoms with van der Waals surface area (Å²) in [5.41, 5.74) is 0.497. The van der Waals surface area contributed by atoms with Gasteiger partial charge in [-0.25, -0.2) is 4.79 Å². The smallest absolute Gasteiger partial charge is 0.422 e. The standard InChI is InChI=1S/C16H9F3O3S/c17-16(18,19)22-11-4-1-9(2-5-11)13-7-10-3-6-12(23)8-14(10)21-15(13)20/h1-8,23H. The van der Waals surface area contributed by atoms with Gasteiger partial charge in [0.05, 0.1) is 5.56 Å². The summed E-state index contributed by atoms with van der Waals surface area (Å²) >= 11 is 4.17. The molecule has 0 aliphatic carbocycles. The molecule has 0 amide bonds. The Morgan fingerprint density at radius 1 is 1.00 bits per heavy atom. The number of ether oxygens (including phenoxy) is 1. The Balaban J connectivity index is 2.01. The van der Waals surface area contributed by atoms with Gasteiger partial charge < -0.3 is 9.15 Å². The SMILES string of the molecule is O=c1oc2cc(S)ccc2cc1-c1ccc(OC(F)(F)F)cc1. The van der Waals surface area contributed by atoms with E-state index in [0.717, 1.165) is 12.1 Å². The van der Waals surface area contributed by atoms with E-state index in [1.54, 1.807) is 24.3 Å². The van der Waals surface area contributed by atoms with Crippen LogP contribution in [0, 0.1) is 0 Å². The second-order valence-corrected chi connectivity index (χ2v) is 5.26. The monoisotopic (exact) mass is 338 g/mol. The lowest BCUT2D eigenvalue weighted by atomic mass is 10.1. The second kappa shape index (κ2) is 5.66. The molecule has 1 heterocycles. The molecule has 0 aliphatic heterocycles. The van der Waals surface area contributed by atoms with Crippen LogP contribution in [0.3, 0.4) is 0 Å². The van der Waals surface area contributed by atoms with Crippen molar-refractivity contribution in [1.29, 1.82) is 0 Å². The van der Waals surface area contributed by atoms with Crippen LogP contribution in [-0.2, 0) is 0 Å². The Bertz CT molecular complexity index is 914. The minimum atomic E-state index is -4.76. The first kappa shape index (κ1) is 15.5. The summed E-state index contributed by atoms with van der Waals surface area (Å²) in [6.45, 7) is 0. The molecular formula is C16H9F3O3S. The van der Waals surface area contributed by atoms with Gasteiger partial charge in [0.25, 0.3) is 0 Å². The van der Waals surface area contributed by atoms with Crippen molar-refractivity contribution in [3.8, 4) is 16.9 Å². The van der Waals surface area contributed by atoms with Gasteiger partial charge in [-0.05, 0) is 35.9 Å². The highest BCUT2D eigenvalue weighted by atomic mass is 32.1. The van der Waals surface area contributed by atoms with Crippen molar-refractivity contribution in [1.82, 2.24) is 0 Å². The summed E-state index contributed by atoms with van der Waals surface area (Å²) in [5.74, 6) is -0.355. The molecule has 3 aromatic rings. The maximum Gasteiger partial charge on any atom is 0.573 e. The molecule has 0 unspecified atom stereocenters. The van der Waals surface area contributed by atoms with E-state index >= 15 is 0 Å². The zero-order chi connectivity index (χ0) is 16.6. The molecule has 23 heavy (non-hydrogen) atoms. The van der Waals surface area contributed by atoms with Crippen molar-refractivity contribution in [2.75, 3.05) is 0 Å². The fraction of sp³-hybridized carbons (Fsp3) is 0.0625. The lowest BCUT2D eigenvalue weighted by molar-refractivity contribution is -0.274. The van der Waals surface area contributed by atoms with Gasteiger partial charge in [0.1, 0.15) is 11.3 Å². The van der Waals surface area contributed by atoms with E-state index < -0.39 is 12.0 Å². The molecule has 0 atom stereocenters. The van der Waals surface area contributed by atoms with Crippen molar-refractivity contribution in [2.24, 2.45) is 0 Å². The molecule has 0 radical (unpaired) electrons. The number of thiol groups is 1. The van der Waals surface area contributed by atoms with Crippen molar-refractivity contribution in [3.05, 3.63) is 59.0 Å². The quantitative estimate of drug-likeness (QED) is 0.546. The summed E-state index contributed by atoms with van der Waals surface area (Å²) < 4.78 is 45.4. The van der Waals surface area contributed by atoms with Crippen LogP contribution in [0.4, 0.5) is 13.2 Å². The van der Waals surface area contributed by atoms with Gasteiger partial charge in [-0.15, -0.1) is 25.8 Å². The van der Waals surface area contributed by atoms with Gasteiger partial charge in [-0.2, -0.15) is 0 Å². The molecule has 3 rings (SSSR count). The second-order valence-electron chi connectivity index (χ2n) is 4.74. The lowest BCUT2D eigenvalue weighted by Crippen LogP contribution is -2.17. The number of benzene rings is 2. The molecule has 0 spiro atoms. The third kappa shape index (κ3) is 3.50. The minimum Gasteiger partial charge on any atom is -0.422 e. The molecule has 3 nitrogen and oxygen atoms in total. The first-order valence-corrected chi connectivity index (χ1v) is 6.90. The molecule has 0 N–H and O–H groups in total. The van der Waals surface area contributed by atoms with Crippen LogP contribution < -0.4 is 10.4 Å². The number of alkyl halides is 3. The van der Waals surface area contributed by atoms with E-state index in [2.05, 4.69) is 17.4 Å². The highest BCUT2D eigenvalue weighted by Gasteiger charge is 2.31. The Morgan fingerprint density at radius 2 is 1.70 bits per heavy atom. The molecule has 1 aromatic heterocycles. The van der Waals surface area contributed by atoms with E-state index in [1.165, 1.54) is 12.1 Å². The van der Waals surface area contributed by atoms with Crippen LogP contribution in [0.15, 0.2) is 62.6 Å². The molecule has 118 valence electrons. The zero-order valence-corrected chi connectivity index (χ0v) is 12.3. The first-order valence-electron chi connectivity index (χ1n) is 6.45. The van der Waals surface area contributed by atoms with Gasteiger partial charge >= 0.3 is 12.0 Å². The highest BCUT2D eigenvalue weighted by Crippen LogP contribution is 2.27. The van der Waals surface area contributed by atoms with E-state index in [0.29, 0.717) is 21.4 Å². The lowest BCUT2D eigenvalue weighted by Gasteiger charge is -2.09. The van der Waals surface area contributed by atoms with Gasteiger partial charge in [-0.1, -0.05) is 18.2 Å². The molecular weight excluding hydrogens is 329 g/mol. The largest absolute Gasteiger partial charge is 0.573 e. The maximum absolute atomic E-state index is 12.1. The Kier molecular flexibility index (Phi) is 3.81. The topological polar surface area (TPSA) is 39.4 Å².